The molecule has 0 aliphatic rings. The SMILES string of the molecule is CC(C)CCN(C(=O)Nc1cccnc1)c1ccccc1. The number of anilines is 2. The van der Waals surface area contributed by atoms with E-state index in [-0.39, 0.29) is 6.03 Å². The Morgan fingerprint density at radius 2 is 1.95 bits per heavy atom. The fraction of sp³-hybridized carbons (Fsp3) is 0.294. The second-order valence-electron chi connectivity index (χ2n) is 5.34. The van der Waals surface area contributed by atoms with Gasteiger partial charge in [0.15, 0.2) is 0 Å². The maximum Gasteiger partial charge on any atom is 0.326 e. The normalized spacial score (nSPS) is 10.4. The number of hydrogen-bond acceptors (Lipinski definition) is 2. The van der Waals surface area contributed by atoms with Crippen molar-refractivity contribution in [2.24, 2.45) is 5.92 Å². The second kappa shape index (κ2) is 7.43. The van der Waals surface area contributed by atoms with Crippen molar-refractivity contribution in [3.8, 4) is 0 Å². The van der Waals surface area contributed by atoms with Gasteiger partial charge in [-0.05, 0) is 36.6 Å². The van der Waals surface area contributed by atoms with Gasteiger partial charge >= 0.3 is 6.03 Å². The van der Waals surface area contributed by atoms with Crippen molar-refractivity contribution >= 4 is 17.4 Å². The number of aromatic nitrogens is 1. The van der Waals surface area contributed by atoms with Gasteiger partial charge in [0, 0.05) is 18.4 Å². The van der Waals surface area contributed by atoms with Crippen LogP contribution in [0.15, 0.2) is 54.9 Å². The smallest absolute Gasteiger partial charge is 0.306 e. The lowest BCUT2D eigenvalue weighted by atomic mass is 10.1. The molecule has 2 rings (SSSR count). The molecule has 1 heterocycles. The molecule has 4 nitrogen and oxygen atoms in total. The third-order valence-electron chi connectivity index (χ3n) is 3.16. The summed E-state index contributed by atoms with van der Waals surface area (Å²) in [6.07, 6.45) is 4.28. The highest BCUT2D eigenvalue weighted by Crippen LogP contribution is 2.17. The topological polar surface area (TPSA) is 45.2 Å². The third kappa shape index (κ3) is 4.60. The number of hydrogen-bond donors (Lipinski definition) is 1. The Morgan fingerprint density at radius 1 is 1.19 bits per heavy atom. The van der Waals surface area contributed by atoms with Crippen molar-refractivity contribution < 1.29 is 4.79 Å². The first-order valence-corrected chi connectivity index (χ1v) is 7.20. The summed E-state index contributed by atoms with van der Waals surface area (Å²) in [4.78, 5) is 18.3. The molecule has 1 aromatic heterocycles. The summed E-state index contributed by atoms with van der Waals surface area (Å²) in [7, 11) is 0. The van der Waals surface area contributed by atoms with Gasteiger partial charge in [-0.3, -0.25) is 9.88 Å². The molecule has 4 heteroatoms. The summed E-state index contributed by atoms with van der Waals surface area (Å²) >= 11 is 0. The van der Waals surface area contributed by atoms with E-state index in [0.29, 0.717) is 18.2 Å². The highest BCUT2D eigenvalue weighted by molar-refractivity contribution is 6.01. The van der Waals surface area contributed by atoms with Gasteiger partial charge in [-0.25, -0.2) is 4.79 Å². The van der Waals surface area contributed by atoms with E-state index in [1.807, 2.05) is 36.4 Å². The van der Waals surface area contributed by atoms with Crippen LogP contribution in [0.5, 0.6) is 0 Å². The highest BCUT2D eigenvalue weighted by atomic mass is 16.2. The summed E-state index contributed by atoms with van der Waals surface area (Å²) < 4.78 is 0. The number of para-hydroxylation sites is 1. The van der Waals surface area contributed by atoms with Gasteiger partial charge in [0.1, 0.15) is 0 Å². The quantitative estimate of drug-likeness (QED) is 0.895. The van der Waals surface area contributed by atoms with Crippen LogP contribution in [0, 0.1) is 5.92 Å². The number of nitrogens with one attached hydrogen (secondary N) is 1. The average molecular weight is 283 g/mol. The van der Waals surface area contributed by atoms with Crippen molar-refractivity contribution in [3.63, 3.8) is 0 Å². The predicted octanol–water partition coefficient (Wildman–Crippen LogP) is 4.17. The molecule has 21 heavy (non-hydrogen) atoms. The van der Waals surface area contributed by atoms with E-state index in [9.17, 15) is 4.79 Å². The first-order valence-electron chi connectivity index (χ1n) is 7.20. The number of nitrogens with zero attached hydrogens (tertiary/aromatic N) is 2. The van der Waals surface area contributed by atoms with Crippen molar-refractivity contribution in [1.82, 2.24) is 4.98 Å². The predicted molar refractivity (Wildman–Crippen MR) is 86.5 cm³/mol. The number of carbonyl (C=O) groups excluding carboxylic acids is 1. The van der Waals surface area contributed by atoms with Gasteiger partial charge in [0.2, 0.25) is 0 Å². The Bertz CT molecular complexity index is 555. The molecule has 1 aromatic carbocycles. The lowest BCUT2D eigenvalue weighted by Gasteiger charge is -2.24. The maximum atomic E-state index is 12.5. The number of pyridine rings is 1. The largest absolute Gasteiger partial charge is 0.326 e. The fourth-order valence-electron chi connectivity index (χ4n) is 1.97. The van der Waals surface area contributed by atoms with E-state index in [2.05, 4.69) is 24.1 Å². The first kappa shape index (κ1) is 15.0. The van der Waals surface area contributed by atoms with Crippen LogP contribution < -0.4 is 10.2 Å². The van der Waals surface area contributed by atoms with Crippen molar-refractivity contribution in [2.45, 2.75) is 20.3 Å². The molecule has 2 aromatic rings. The number of urea groups is 1. The lowest BCUT2D eigenvalue weighted by molar-refractivity contribution is 0.256. The van der Waals surface area contributed by atoms with Gasteiger partial charge in [-0.1, -0.05) is 32.0 Å². The van der Waals surface area contributed by atoms with E-state index >= 15 is 0 Å². The lowest BCUT2D eigenvalue weighted by Crippen LogP contribution is -2.36. The van der Waals surface area contributed by atoms with Crippen LogP contribution in [-0.4, -0.2) is 17.6 Å². The third-order valence-corrected chi connectivity index (χ3v) is 3.16. The number of rotatable bonds is 5. The van der Waals surface area contributed by atoms with E-state index in [1.165, 1.54) is 0 Å². The molecule has 0 spiro atoms. The average Bonchev–Trinajstić information content (AvgIpc) is 2.49. The van der Waals surface area contributed by atoms with Crippen LogP contribution in [0.25, 0.3) is 0 Å². The van der Waals surface area contributed by atoms with Crippen LogP contribution in [0.1, 0.15) is 20.3 Å². The minimum absolute atomic E-state index is 0.130. The van der Waals surface area contributed by atoms with Crippen molar-refractivity contribution in [3.05, 3.63) is 54.9 Å². The standard InChI is InChI=1S/C17H21N3O/c1-14(2)10-12-20(16-8-4-3-5-9-16)17(21)19-15-7-6-11-18-13-15/h3-9,11,13-14H,10,12H2,1-2H3,(H,19,21). The molecule has 0 aliphatic heterocycles. The van der Waals surface area contributed by atoms with E-state index in [1.54, 1.807) is 23.4 Å². The van der Waals surface area contributed by atoms with E-state index in [4.69, 9.17) is 0 Å². The van der Waals surface area contributed by atoms with Gasteiger partial charge in [0.25, 0.3) is 0 Å². The van der Waals surface area contributed by atoms with Crippen molar-refractivity contribution in [1.29, 1.82) is 0 Å². The zero-order chi connectivity index (χ0) is 15.1. The molecule has 0 saturated carbocycles. The van der Waals surface area contributed by atoms with Crippen LogP contribution in [0.4, 0.5) is 16.2 Å². The number of benzene rings is 1. The first-order chi connectivity index (χ1) is 10.2. The molecule has 110 valence electrons. The van der Waals surface area contributed by atoms with Crippen LogP contribution >= 0.6 is 0 Å². The summed E-state index contributed by atoms with van der Waals surface area (Å²) in [5.41, 5.74) is 1.60. The molecule has 1 N–H and O–H groups in total. The molecule has 0 atom stereocenters. The van der Waals surface area contributed by atoms with E-state index in [0.717, 1.165) is 12.1 Å². The number of carbonyl (C=O) groups is 1. The van der Waals surface area contributed by atoms with Gasteiger partial charge in [-0.15, -0.1) is 0 Å². The van der Waals surface area contributed by atoms with Gasteiger partial charge in [0.05, 0.1) is 11.9 Å². The fourth-order valence-corrected chi connectivity index (χ4v) is 1.97. The molecule has 0 aliphatic carbocycles. The van der Waals surface area contributed by atoms with Crippen LogP contribution in [0.3, 0.4) is 0 Å². The summed E-state index contributed by atoms with van der Waals surface area (Å²) in [5.74, 6) is 0.544. The maximum absolute atomic E-state index is 12.5. The van der Waals surface area contributed by atoms with E-state index < -0.39 is 0 Å². The Hall–Kier alpha value is -2.36. The molecule has 0 radical (unpaired) electrons. The molecule has 0 fully saturated rings. The minimum Gasteiger partial charge on any atom is -0.306 e. The Kier molecular flexibility index (Phi) is 5.32. The van der Waals surface area contributed by atoms with Gasteiger partial charge in [-0.2, -0.15) is 0 Å². The summed E-state index contributed by atoms with van der Waals surface area (Å²) in [5, 5.41) is 2.89. The monoisotopic (exact) mass is 283 g/mol. The highest BCUT2D eigenvalue weighted by Gasteiger charge is 2.16. The van der Waals surface area contributed by atoms with Crippen LogP contribution in [-0.2, 0) is 0 Å². The molecular formula is C17H21N3O. The summed E-state index contributed by atoms with van der Waals surface area (Å²) in [6.45, 7) is 5.00. The van der Waals surface area contributed by atoms with Crippen molar-refractivity contribution in [2.75, 3.05) is 16.8 Å². The zero-order valence-electron chi connectivity index (χ0n) is 12.5. The second-order valence-corrected chi connectivity index (χ2v) is 5.34. The number of amides is 2. The van der Waals surface area contributed by atoms with Crippen LogP contribution in [0.2, 0.25) is 0 Å². The zero-order valence-corrected chi connectivity index (χ0v) is 12.5. The van der Waals surface area contributed by atoms with Gasteiger partial charge < -0.3 is 5.32 Å². The molecule has 0 bridgehead atoms. The molecule has 0 unspecified atom stereocenters. The Morgan fingerprint density at radius 3 is 2.57 bits per heavy atom. The minimum atomic E-state index is -0.130. The summed E-state index contributed by atoms with van der Waals surface area (Å²) in [6, 6.07) is 13.2. The Balaban J connectivity index is 2.12. The molecule has 0 saturated heterocycles. The molecular weight excluding hydrogens is 262 g/mol. The molecule has 2 amide bonds. The Labute approximate surface area is 125 Å².